The zero-order valence-corrected chi connectivity index (χ0v) is 15.9. The molecule has 0 unspecified atom stereocenters. The second-order valence-electron chi connectivity index (χ2n) is 6.89. The van der Waals surface area contributed by atoms with Gasteiger partial charge in [0.1, 0.15) is 0 Å². The van der Waals surface area contributed by atoms with Gasteiger partial charge in [-0.15, -0.1) is 0 Å². The van der Waals surface area contributed by atoms with Crippen LogP contribution in [-0.2, 0) is 5.41 Å². The molecule has 3 N–H and O–H groups in total. The third-order valence-electron chi connectivity index (χ3n) is 4.86. The first-order valence-corrected chi connectivity index (χ1v) is 9.64. The Hall–Kier alpha value is -2.82. The molecule has 0 atom stereocenters. The first-order chi connectivity index (χ1) is 13.2. The topological polar surface area (TPSA) is 65.5 Å². The first kappa shape index (κ1) is 19.0. The first-order valence-electron chi connectivity index (χ1n) is 9.64. The monoisotopic (exact) mass is 364 g/mol. The molecule has 2 aromatic rings. The fourth-order valence-corrected chi connectivity index (χ4v) is 3.10. The van der Waals surface area contributed by atoms with Gasteiger partial charge < -0.3 is 16.0 Å². The lowest BCUT2D eigenvalue weighted by molar-refractivity contribution is 0.0954. The molecular formula is C22H28N4O. The average molecular weight is 364 g/mol. The highest BCUT2D eigenvalue weighted by molar-refractivity contribution is 5.94. The summed E-state index contributed by atoms with van der Waals surface area (Å²) in [5, 5.41) is 9.51. The standard InChI is InChI=1S/C22H28N4O/c1-2-23-21(25-16-15-24-20(27)18-9-5-3-6-10-18)26-17-22(13-14-22)19-11-7-4-8-12-19/h3-12H,2,13-17H2,1H3,(H,24,27)(H2,23,25,26). The van der Waals surface area contributed by atoms with Gasteiger partial charge in [0.05, 0.1) is 6.54 Å². The highest BCUT2D eigenvalue weighted by atomic mass is 16.1. The van der Waals surface area contributed by atoms with Crippen molar-refractivity contribution in [3.8, 4) is 0 Å². The van der Waals surface area contributed by atoms with Crippen LogP contribution < -0.4 is 16.0 Å². The fraction of sp³-hybridized carbons (Fsp3) is 0.364. The van der Waals surface area contributed by atoms with Crippen molar-refractivity contribution in [2.45, 2.75) is 25.2 Å². The highest BCUT2D eigenvalue weighted by Gasteiger charge is 2.43. The SMILES string of the molecule is CCNC(=NCC1(c2ccccc2)CC1)NCCNC(=O)c1ccccc1. The van der Waals surface area contributed by atoms with Crippen molar-refractivity contribution in [3.05, 3.63) is 71.8 Å². The molecule has 142 valence electrons. The zero-order valence-electron chi connectivity index (χ0n) is 15.9. The van der Waals surface area contributed by atoms with E-state index in [0.717, 1.165) is 19.0 Å². The smallest absolute Gasteiger partial charge is 0.251 e. The number of carbonyl (C=O) groups excluding carboxylic acids is 1. The molecule has 1 aliphatic carbocycles. The van der Waals surface area contributed by atoms with Crippen LogP contribution in [0.5, 0.6) is 0 Å². The molecule has 27 heavy (non-hydrogen) atoms. The summed E-state index contributed by atoms with van der Waals surface area (Å²) < 4.78 is 0. The molecule has 5 nitrogen and oxygen atoms in total. The van der Waals surface area contributed by atoms with Crippen molar-refractivity contribution in [1.29, 1.82) is 0 Å². The van der Waals surface area contributed by atoms with Gasteiger partial charge in [0, 0.05) is 30.6 Å². The maximum Gasteiger partial charge on any atom is 0.251 e. The molecule has 0 saturated heterocycles. The molecule has 1 amide bonds. The maximum atomic E-state index is 12.1. The molecular weight excluding hydrogens is 336 g/mol. The molecule has 0 bridgehead atoms. The third-order valence-corrected chi connectivity index (χ3v) is 4.86. The molecule has 0 aliphatic heterocycles. The van der Waals surface area contributed by atoms with Crippen molar-refractivity contribution in [2.24, 2.45) is 4.99 Å². The van der Waals surface area contributed by atoms with Crippen LogP contribution in [0.15, 0.2) is 65.7 Å². The average Bonchev–Trinajstić information content (AvgIpc) is 3.51. The number of nitrogens with one attached hydrogen (secondary N) is 3. The van der Waals surface area contributed by atoms with E-state index >= 15 is 0 Å². The summed E-state index contributed by atoms with van der Waals surface area (Å²) in [4.78, 5) is 16.8. The van der Waals surface area contributed by atoms with Crippen LogP contribution in [0.4, 0.5) is 0 Å². The van der Waals surface area contributed by atoms with E-state index in [-0.39, 0.29) is 11.3 Å². The number of nitrogens with zero attached hydrogens (tertiary/aromatic N) is 1. The van der Waals surface area contributed by atoms with Gasteiger partial charge in [-0.25, -0.2) is 0 Å². The van der Waals surface area contributed by atoms with Gasteiger partial charge in [-0.2, -0.15) is 0 Å². The lowest BCUT2D eigenvalue weighted by atomic mass is 9.96. The quantitative estimate of drug-likeness (QED) is 0.383. The molecule has 1 fully saturated rings. The normalized spacial score (nSPS) is 15.1. The summed E-state index contributed by atoms with van der Waals surface area (Å²) in [6.07, 6.45) is 2.38. The minimum Gasteiger partial charge on any atom is -0.357 e. The zero-order chi connectivity index (χ0) is 19.0. The molecule has 1 saturated carbocycles. The number of hydrogen-bond donors (Lipinski definition) is 3. The van der Waals surface area contributed by atoms with Crippen LogP contribution >= 0.6 is 0 Å². The molecule has 2 aromatic carbocycles. The van der Waals surface area contributed by atoms with Crippen LogP contribution in [0.1, 0.15) is 35.7 Å². The Morgan fingerprint density at radius 3 is 2.19 bits per heavy atom. The van der Waals surface area contributed by atoms with E-state index in [1.54, 1.807) is 0 Å². The van der Waals surface area contributed by atoms with E-state index in [1.807, 2.05) is 30.3 Å². The van der Waals surface area contributed by atoms with E-state index in [0.29, 0.717) is 18.7 Å². The summed E-state index contributed by atoms with van der Waals surface area (Å²) >= 11 is 0. The van der Waals surface area contributed by atoms with Crippen molar-refractivity contribution in [3.63, 3.8) is 0 Å². The number of rotatable bonds is 8. The van der Waals surface area contributed by atoms with Crippen molar-refractivity contribution >= 4 is 11.9 Å². The number of guanidine groups is 1. The van der Waals surface area contributed by atoms with Crippen LogP contribution in [0, 0.1) is 0 Å². The van der Waals surface area contributed by atoms with Crippen LogP contribution in [0.25, 0.3) is 0 Å². The summed E-state index contributed by atoms with van der Waals surface area (Å²) in [5.74, 6) is 0.744. The number of amides is 1. The second-order valence-corrected chi connectivity index (χ2v) is 6.89. The Morgan fingerprint density at radius 2 is 1.56 bits per heavy atom. The minimum absolute atomic E-state index is 0.0552. The summed E-state index contributed by atoms with van der Waals surface area (Å²) in [6, 6.07) is 19.9. The van der Waals surface area contributed by atoms with Gasteiger partial charge in [0.25, 0.3) is 5.91 Å². The van der Waals surface area contributed by atoms with Gasteiger partial charge >= 0.3 is 0 Å². The number of benzene rings is 2. The molecule has 0 aromatic heterocycles. The van der Waals surface area contributed by atoms with Gasteiger partial charge in [0.15, 0.2) is 5.96 Å². The Morgan fingerprint density at radius 1 is 0.926 bits per heavy atom. The Bertz CT molecular complexity index is 754. The van der Waals surface area contributed by atoms with Crippen LogP contribution in [0.3, 0.4) is 0 Å². The lowest BCUT2D eigenvalue weighted by Crippen LogP contribution is -2.42. The van der Waals surface area contributed by atoms with Crippen molar-refractivity contribution in [1.82, 2.24) is 16.0 Å². The fourth-order valence-electron chi connectivity index (χ4n) is 3.10. The van der Waals surface area contributed by atoms with Gasteiger partial charge in [-0.3, -0.25) is 9.79 Å². The number of carbonyl (C=O) groups is 1. The van der Waals surface area contributed by atoms with Crippen molar-refractivity contribution in [2.75, 3.05) is 26.2 Å². The van der Waals surface area contributed by atoms with E-state index in [9.17, 15) is 4.79 Å². The van der Waals surface area contributed by atoms with Gasteiger partial charge in [-0.1, -0.05) is 48.5 Å². The lowest BCUT2D eigenvalue weighted by Gasteiger charge is -2.16. The molecule has 5 heteroatoms. The molecule has 0 heterocycles. The van der Waals surface area contributed by atoms with Crippen LogP contribution in [0.2, 0.25) is 0 Å². The minimum atomic E-state index is -0.0552. The summed E-state index contributed by atoms with van der Waals surface area (Å²) in [6.45, 7) is 4.81. The predicted molar refractivity (Wildman–Crippen MR) is 110 cm³/mol. The predicted octanol–water partition coefficient (Wildman–Crippen LogP) is 2.70. The molecule has 0 spiro atoms. The van der Waals surface area contributed by atoms with E-state index in [1.165, 1.54) is 18.4 Å². The second kappa shape index (κ2) is 9.21. The Labute approximate surface area is 161 Å². The van der Waals surface area contributed by atoms with E-state index in [4.69, 9.17) is 4.99 Å². The van der Waals surface area contributed by atoms with Gasteiger partial charge in [0.2, 0.25) is 0 Å². The van der Waals surface area contributed by atoms with Crippen molar-refractivity contribution < 1.29 is 4.79 Å². The Kier molecular flexibility index (Phi) is 6.47. The number of hydrogen-bond acceptors (Lipinski definition) is 2. The van der Waals surface area contributed by atoms with Crippen LogP contribution in [-0.4, -0.2) is 38.0 Å². The summed E-state index contributed by atoms with van der Waals surface area (Å²) in [5.41, 5.74) is 2.25. The molecule has 0 radical (unpaired) electrons. The third kappa shape index (κ3) is 5.33. The molecule has 3 rings (SSSR count). The van der Waals surface area contributed by atoms with Gasteiger partial charge in [-0.05, 0) is 37.5 Å². The van der Waals surface area contributed by atoms with E-state index in [2.05, 4.69) is 53.2 Å². The highest BCUT2D eigenvalue weighted by Crippen LogP contribution is 2.48. The van der Waals surface area contributed by atoms with E-state index < -0.39 is 0 Å². The number of aliphatic imine (C=N–C) groups is 1. The summed E-state index contributed by atoms with van der Waals surface area (Å²) in [7, 11) is 0. The Balaban J connectivity index is 1.48. The molecule has 1 aliphatic rings. The maximum absolute atomic E-state index is 12.1. The largest absolute Gasteiger partial charge is 0.357 e.